The van der Waals surface area contributed by atoms with E-state index >= 15 is 0 Å². The number of epoxide rings is 1. The van der Waals surface area contributed by atoms with Crippen molar-refractivity contribution in [2.24, 2.45) is 0 Å². The largest absolute Gasteiger partial charge is 0.459 e. The lowest BCUT2D eigenvalue weighted by Gasteiger charge is -2.12. The van der Waals surface area contributed by atoms with Crippen molar-refractivity contribution in [3.8, 4) is 0 Å². The average molecular weight is 156 g/mol. The van der Waals surface area contributed by atoms with E-state index in [1.807, 2.05) is 0 Å². The van der Waals surface area contributed by atoms with Crippen LogP contribution in [0.25, 0.3) is 0 Å². The monoisotopic (exact) mass is 156 g/mol. The quantitative estimate of drug-likeness (QED) is 0.449. The van der Waals surface area contributed by atoms with Crippen molar-refractivity contribution in [3.63, 3.8) is 0 Å². The summed E-state index contributed by atoms with van der Waals surface area (Å²) in [7, 11) is 0. The van der Waals surface area contributed by atoms with E-state index < -0.39 is 0 Å². The fourth-order valence-electron chi connectivity index (χ4n) is 1.39. The maximum atomic E-state index is 10.6. The van der Waals surface area contributed by atoms with Gasteiger partial charge in [-0.3, -0.25) is 4.79 Å². The summed E-state index contributed by atoms with van der Waals surface area (Å²) >= 11 is 0. The predicted molar refractivity (Wildman–Crippen MR) is 38.1 cm³/mol. The highest BCUT2D eigenvalue weighted by atomic mass is 16.6. The third kappa shape index (κ3) is 1.71. The minimum atomic E-state index is -0.164. The molecule has 3 nitrogen and oxygen atoms in total. The molecule has 1 heterocycles. The van der Waals surface area contributed by atoms with Crippen molar-refractivity contribution in [2.75, 3.05) is 6.61 Å². The van der Waals surface area contributed by atoms with Gasteiger partial charge in [-0.1, -0.05) is 0 Å². The van der Waals surface area contributed by atoms with Gasteiger partial charge in [-0.25, -0.2) is 0 Å². The lowest BCUT2D eigenvalue weighted by molar-refractivity contribution is -0.148. The van der Waals surface area contributed by atoms with Gasteiger partial charge in [0.05, 0.1) is 12.7 Å². The SMILES string of the molecule is CC(=O)OC1(CC2CO2)CC1. The molecule has 1 saturated heterocycles. The molecule has 0 amide bonds. The van der Waals surface area contributed by atoms with E-state index in [1.54, 1.807) is 0 Å². The highest BCUT2D eigenvalue weighted by molar-refractivity contribution is 5.67. The lowest BCUT2D eigenvalue weighted by atomic mass is 10.2. The van der Waals surface area contributed by atoms with Gasteiger partial charge in [0.2, 0.25) is 0 Å². The third-order valence-corrected chi connectivity index (χ3v) is 2.17. The highest BCUT2D eigenvalue weighted by Crippen LogP contribution is 2.45. The summed E-state index contributed by atoms with van der Waals surface area (Å²) in [4.78, 5) is 10.6. The number of esters is 1. The van der Waals surface area contributed by atoms with Crippen LogP contribution in [0.4, 0.5) is 0 Å². The Balaban J connectivity index is 1.82. The minimum Gasteiger partial charge on any atom is -0.459 e. The van der Waals surface area contributed by atoms with Gasteiger partial charge in [0, 0.05) is 13.3 Å². The molecule has 0 aromatic heterocycles. The summed E-state index contributed by atoms with van der Waals surface area (Å²) < 4.78 is 10.3. The van der Waals surface area contributed by atoms with Crippen molar-refractivity contribution >= 4 is 5.97 Å². The van der Waals surface area contributed by atoms with Gasteiger partial charge in [-0.15, -0.1) is 0 Å². The number of hydrogen-bond acceptors (Lipinski definition) is 3. The first kappa shape index (κ1) is 7.10. The molecular weight excluding hydrogens is 144 g/mol. The second kappa shape index (κ2) is 2.21. The van der Waals surface area contributed by atoms with Crippen molar-refractivity contribution in [3.05, 3.63) is 0 Å². The van der Waals surface area contributed by atoms with Crippen LogP contribution in [0.15, 0.2) is 0 Å². The van der Waals surface area contributed by atoms with Crippen molar-refractivity contribution in [2.45, 2.75) is 37.9 Å². The van der Waals surface area contributed by atoms with Crippen LogP contribution in [0.1, 0.15) is 26.2 Å². The molecule has 2 fully saturated rings. The molecular formula is C8H12O3. The topological polar surface area (TPSA) is 38.8 Å². The first-order valence-corrected chi connectivity index (χ1v) is 4.01. The summed E-state index contributed by atoms with van der Waals surface area (Å²) in [5.74, 6) is -0.164. The highest BCUT2D eigenvalue weighted by Gasteiger charge is 2.50. The molecule has 0 spiro atoms. The van der Waals surface area contributed by atoms with Crippen LogP contribution in [-0.2, 0) is 14.3 Å². The normalized spacial score (nSPS) is 31.2. The van der Waals surface area contributed by atoms with Crippen LogP contribution in [0.2, 0.25) is 0 Å². The van der Waals surface area contributed by atoms with E-state index in [2.05, 4.69) is 0 Å². The zero-order valence-electron chi connectivity index (χ0n) is 6.63. The zero-order chi connectivity index (χ0) is 7.90. The molecule has 0 N–H and O–H groups in total. The third-order valence-electron chi connectivity index (χ3n) is 2.17. The van der Waals surface area contributed by atoms with E-state index in [-0.39, 0.29) is 11.6 Å². The number of ether oxygens (including phenoxy) is 2. The molecule has 1 atom stereocenters. The Labute approximate surface area is 65.7 Å². The molecule has 0 aromatic rings. The van der Waals surface area contributed by atoms with E-state index in [0.717, 1.165) is 25.9 Å². The number of hydrogen-bond donors (Lipinski definition) is 0. The summed E-state index contributed by atoms with van der Waals surface area (Å²) in [6.45, 7) is 2.32. The van der Waals surface area contributed by atoms with Gasteiger partial charge in [0.25, 0.3) is 0 Å². The molecule has 62 valence electrons. The van der Waals surface area contributed by atoms with E-state index in [1.165, 1.54) is 6.92 Å². The van der Waals surface area contributed by atoms with Crippen molar-refractivity contribution in [1.29, 1.82) is 0 Å². The van der Waals surface area contributed by atoms with E-state index in [9.17, 15) is 4.79 Å². The van der Waals surface area contributed by atoms with Gasteiger partial charge in [-0.2, -0.15) is 0 Å². The standard InChI is InChI=1S/C8H12O3/c1-6(9)11-8(2-3-8)4-7-5-10-7/h7H,2-5H2,1H3. The number of carbonyl (C=O) groups is 1. The van der Waals surface area contributed by atoms with Crippen LogP contribution in [0.3, 0.4) is 0 Å². The second-order valence-corrected chi connectivity index (χ2v) is 3.44. The fourth-order valence-corrected chi connectivity index (χ4v) is 1.39. The first-order chi connectivity index (χ1) is 5.20. The minimum absolute atomic E-state index is 0.118. The average Bonchev–Trinajstić information content (AvgIpc) is 2.71. The van der Waals surface area contributed by atoms with Crippen LogP contribution in [-0.4, -0.2) is 24.3 Å². The zero-order valence-corrected chi connectivity index (χ0v) is 6.63. The Bertz CT molecular complexity index is 180. The molecule has 0 bridgehead atoms. The van der Waals surface area contributed by atoms with Gasteiger partial charge in [0.1, 0.15) is 5.60 Å². The molecule has 1 saturated carbocycles. The van der Waals surface area contributed by atoms with E-state index in [4.69, 9.17) is 9.47 Å². The molecule has 3 heteroatoms. The maximum absolute atomic E-state index is 10.6. The van der Waals surface area contributed by atoms with Gasteiger partial charge >= 0.3 is 5.97 Å². The Morgan fingerprint density at radius 3 is 2.73 bits per heavy atom. The van der Waals surface area contributed by atoms with E-state index in [0.29, 0.717) is 6.10 Å². The Morgan fingerprint density at radius 2 is 2.36 bits per heavy atom. The van der Waals surface area contributed by atoms with Crippen LogP contribution < -0.4 is 0 Å². The molecule has 2 rings (SSSR count). The summed E-state index contributed by atoms with van der Waals surface area (Å²) in [6, 6.07) is 0. The Morgan fingerprint density at radius 1 is 1.73 bits per heavy atom. The second-order valence-electron chi connectivity index (χ2n) is 3.44. The van der Waals surface area contributed by atoms with Crippen molar-refractivity contribution < 1.29 is 14.3 Å². The molecule has 1 unspecified atom stereocenters. The maximum Gasteiger partial charge on any atom is 0.303 e. The Hall–Kier alpha value is -0.570. The van der Waals surface area contributed by atoms with Crippen LogP contribution >= 0.6 is 0 Å². The fraction of sp³-hybridized carbons (Fsp3) is 0.875. The van der Waals surface area contributed by atoms with Gasteiger partial charge < -0.3 is 9.47 Å². The lowest BCUT2D eigenvalue weighted by Crippen LogP contribution is -2.19. The summed E-state index contributed by atoms with van der Waals surface area (Å²) in [5.41, 5.74) is -0.118. The van der Waals surface area contributed by atoms with Crippen molar-refractivity contribution in [1.82, 2.24) is 0 Å². The molecule has 0 aromatic carbocycles. The Kier molecular flexibility index (Phi) is 1.42. The van der Waals surface area contributed by atoms with Gasteiger partial charge in [-0.05, 0) is 12.8 Å². The summed E-state index contributed by atoms with van der Waals surface area (Å²) in [5, 5.41) is 0. The first-order valence-electron chi connectivity index (χ1n) is 4.01. The number of carbonyl (C=O) groups excluding carboxylic acids is 1. The van der Waals surface area contributed by atoms with Crippen LogP contribution in [0.5, 0.6) is 0 Å². The molecule has 1 aliphatic carbocycles. The van der Waals surface area contributed by atoms with Gasteiger partial charge in [0.15, 0.2) is 0 Å². The molecule has 1 aliphatic heterocycles. The predicted octanol–water partition coefficient (Wildman–Crippen LogP) is 0.871. The smallest absolute Gasteiger partial charge is 0.303 e. The molecule has 0 radical (unpaired) electrons. The molecule has 11 heavy (non-hydrogen) atoms. The summed E-state index contributed by atoms with van der Waals surface area (Å²) in [6.07, 6.45) is 3.32. The van der Waals surface area contributed by atoms with Crippen LogP contribution in [0, 0.1) is 0 Å². The molecule has 2 aliphatic rings. The number of rotatable bonds is 3.